The number of aromatic nitrogens is 1. The van der Waals surface area contributed by atoms with Crippen molar-refractivity contribution in [2.45, 2.75) is 25.4 Å². The summed E-state index contributed by atoms with van der Waals surface area (Å²) in [7, 11) is 0. The lowest BCUT2D eigenvalue weighted by Gasteiger charge is -2.20. The van der Waals surface area contributed by atoms with Crippen molar-refractivity contribution in [3.8, 4) is 17.3 Å². The van der Waals surface area contributed by atoms with Crippen LogP contribution >= 0.6 is 0 Å². The lowest BCUT2D eigenvalue weighted by molar-refractivity contribution is 0.0926. The van der Waals surface area contributed by atoms with Crippen LogP contribution in [-0.2, 0) is 0 Å². The summed E-state index contributed by atoms with van der Waals surface area (Å²) < 4.78 is 13.0. The van der Waals surface area contributed by atoms with Gasteiger partial charge in [-0.2, -0.15) is 5.26 Å². The van der Waals surface area contributed by atoms with Crippen LogP contribution in [0, 0.1) is 17.3 Å². The number of nitriles is 1. The molecule has 24 heavy (non-hydrogen) atoms. The summed E-state index contributed by atoms with van der Waals surface area (Å²) in [6, 6.07) is 9.47. The predicted molar refractivity (Wildman–Crippen MR) is 87.3 cm³/mol. The highest BCUT2D eigenvalue weighted by Crippen LogP contribution is 2.20. The molecular formula is C18H17FN4O. The molecule has 1 amide bonds. The van der Waals surface area contributed by atoms with Gasteiger partial charge >= 0.3 is 0 Å². The number of hydrogen-bond acceptors (Lipinski definition) is 4. The molecule has 1 aliphatic rings. The van der Waals surface area contributed by atoms with Gasteiger partial charge in [-0.3, -0.25) is 9.78 Å². The van der Waals surface area contributed by atoms with E-state index in [-0.39, 0.29) is 23.8 Å². The summed E-state index contributed by atoms with van der Waals surface area (Å²) in [5.74, 6) is -0.544. The number of pyridine rings is 1. The summed E-state index contributed by atoms with van der Waals surface area (Å²) in [6.07, 6.45) is 4.47. The van der Waals surface area contributed by atoms with Gasteiger partial charge in [-0.1, -0.05) is 18.2 Å². The van der Waals surface area contributed by atoms with Crippen LogP contribution in [0.5, 0.6) is 0 Å². The Bertz CT molecular complexity index is 767. The molecule has 2 atom stereocenters. The fraction of sp³-hybridized carbons (Fsp3) is 0.278. The van der Waals surface area contributed by atoms with Crippen molar-refractivity contribution in [2.24, 2.45) is 0 Å². The van der Waals surface area contributed by atoms with Crippen LogP contribution in [0.3, 0.4) is 0 Å². The molecule has 1 aromatic heterocycles. The Morgan fingerprint density at radius 3 is 2.58 bits per heavy atom. The highest BCUT2D eigenvalue weighted by Gasteiger charge is 2.31. The third-order valence-corrected chi connectivity index (χ3v) is 4.37. The van der Waals surface area contributed by atoms with Crippen LogP contribution in [0.1, 0.15) is 23.8 Å². The van der Waals surface area contributed by atoms with Crippen molar-refractivity contribution < 1.29 is 9.18 Å². The second-order valence-corrected chi connectivity index (χ2v) is 5.84. The molecule has 0 spiro atoms. The van der Waals surface area contributed by atoms with E-state index in [4.69, 9.17) is 5.26 Å². The normalized spacial score (nSPS) is 19.8. The number of nitrogens with one attached hydrogen (secondary N) is 1. The van der Waals surface area contributed by atoms with E-state index in [1.54, 1.807) is 35.4 Å². The standard InChI is InChI=1S/C18H17FN4O/c1-12-16(8-9-23(12)11-20)22-18(24)17-7-4-14(10-21-17)13-2-5-15(19)6-3-13/h2-7,10,12,16H,8-9H2,1H3,(H,22,24)/t12-,16-/m0/s1. The molecule has 0 radical (unpaired) electrons. The third-order valence-electron chi connectivity index (χ3n) is 4.37. The van der Waals surface area contributed by atoms with Crippen molar-refractivity contribution in [3.05, 3.63) is 54.1 Å². The highest BCUT2D eigenvalue weighted by atomic mass is 19.1. The first-order valence-electron chi connectivity index (χ1n) is 7.77. The molecule has 0 unspecified atom stereocenters. The third kappa shape index (κ3) is 3.20. The van der Waals surface area contributed by atoms with E-state index in [2.05, 4.69) is 16.5 Å². The van der Waals surface area contributed by atoms with E-state index in [0.717, 1.165) is 17.5 Å². The van der Waals surface area contributed by atoms with Gasteiger partial charge in [0.2, 0.25) is 0 Å². The monoisotopic (exact) mass is 324 g/mol. The van der Waals surface area contributed by atoms with Crippen LogP contribution in [-0.4, -0.2) is 34.4 Å². The van der Waals surface area contributed by atoms with Gasteiger partial charge in [-0.25, -0.2) is 4.39 Å². The molecule has 1 aliphatic heterocycles. The van der Waals surface area contributed by atoms with Crippen molar-refractivity contribution in [1.29, 1.82) is 5.26 Å². The molecular weight excluding hydrogens is 307 g/mol. The second-order valence-electron chi connectivity index (χ2n) is 5.84. The minimum Gasteiger partial charge on any atom is -0.346 e. The zero-order valence-electron chi connectivity index (χ0n) is 13.2. The van der Waals surface area contributed by atoms with Crippen molar-refractivity contribution in [1.82, 2.24) is 15.2 Å². The summed E-state index contributed by atoms with van der Waals surface area (Å²) in [4.78, 5) is 18.2. The molecule has 5 nitrogen and oxygen atoms in total. The largest absolute Gasteiger partial charge is 0.346 e. The van der Waals surface area contributed by atoms with Crippen LogP contribution in [0.4, 0.5) is 4.39 Å². The van der Waals surface area contributed by atoms with Gasteiger partial charge in [0.05, 0.1) is 12.1 Å². The van der Waals surface area contributed by atoms with E-state index < -0.39 is 0 Å². The summed E-state index contributed by atoms with van der Waals surface area (Å²) in [5, 5.41) is 11.9. The molecule has 0 aliphatic carbocycles. The van der Waals surface area contributed by atoms with Crippen LogP contribution < -0.4 is 5.32 Å². The predicted octanol–water partition coefficient (Wildman–Crippen LogP) is 2.56. The minimum atomic E-state index is -0.292. The molecule has 0 saturated carbocycles. The maximum Gasteiger partial charge on any atom is 0.270 e. The average molecular weight is 324 g/mol. The lowest BCUT2D eigenvalue weighted by Crippen LogP contribution is -2.42. The van der Waals surface area contributed by atoms with Crippen molar-refractivity contribution in [2.75, 3.05) is 6.54 Å². The molecule has 0 bridgehead atoms. The van der Waals surface area contributed by atoms with Gasteiger partial charge in [0.25, 0.3) is 5.91 Å². The number of nitrogens with zero attached hydrogens (tertiary/aromatic N) is 3. The first-order chi connectivity index (χ1) is 11.6. The Morgan fingerprint density at radius 1 is 1.29 bits per heavy atom. The Kier molecular flexibility index (Phi) is 4.43. The van der Waals surface area contributed by atoms with Gasteiger partial charge in [0, 0.05) is 18.3 Å². The maximum atomic E-state index is 13.0. The van der Waals surface area contributed by atoms with Crippen LogP contribution in [0.15, 0.2) is 42.6 Å². The van der Waals surface area contributed by atoms with Crippen LogP contribution in [0.2, 0.25) is 0 Å². The van der Waals surface area contributed by atoms with Crippen molar-refractivity contribution >= 4 is 5.91 Å². The van der Waals surface area contributed by atoms with E-state index >= 15 is 0 Å². The van der Waals surface area contributed by atoms with Crippen LogP contribution in [0.25, 0.3) is 11.1 Å². The lowest BCUT2D eigenvalue weighted by atomic mass is 10.1. The quantitative estimate of drug-likeness (QED) is 0.881. The minimum absolute atomic E-state index is 0.0163. The van der Waals surface area contributed by atoms with Gasteiger partial charge in [0.15, 0.2) is 6.19 Å². The smallest absolute Gasteiger partial charge is 0.270 e. The molecule has 1 N–H and O–H groups in total. The molecule has 1 aromatic carbocycles. The first-order valence-corrected chi connectivity index (χ1v) is 7.77. The Hall–Kier alpha value is -2.94. The summed E-state index contributed by atoms with van der Waals surface area (Å²) in [6.45, 7) is 2.58. The number of rotatable bonds is 3. The number of likely N-dealkylation sites (tertiary alicyclic amines) is 1. The van der Waals surface area contributed by atoms with Gasteiger partial charge in [0.1, 0.15) is 11.5 Å². The molecule has 122 valence electrons. The number of hydrogen-bond donors (Lipinski definition) is 1. The maximum absolute atomic E-state index is 13.0. The molecule has 2 aromatic rings. The SMILES string of the molecule is C[C@H]1[C@@H](NC(=O)c2ccc(-c3ccc(F)cc3)cn2)CCN1C#N. The molecule has 3 rings (SSSR count). The second kappa shape index (κ2) is 6.67. The number of carbonyl (C=O) groups is 1. The van der Waals surface area contributed by atoms with Gasteiger partial charge in [-0.05, 0) is 37.1 Å². The summed E-state index contributed by atoms with van der Waals surface area (Å²) >= 11 is 0. The van der Waals surface area contributed by atoms with E-state index in [1.807, 2.05) is 6.92 Å². The topological polar surface area (TPSA) is 69.0 Å². The molecule has 6 heteroatoms. The zero-order chi connectivity index (χ0) is 17.1. The number of halogens is 1. The van der Waals surface area contributed by atoms with Gasteiger partial charge in [-0.15, -0.1) is 0 Å². The summed E-state index contributed by atoms with van der Waals surface area (Å²) in [5.41, 5.74) is 1.98. The average Bonchev–Trinajstić information content (AvgIpc) is 2.95. The fourth-order valence-electron chi connectivity index (χ4n) is 2.86. The number of carbonyl (C=O) groups excluding carboxylic acids is 1. The molecule has 2 heterocycles. The van der Waals surface area contributed by atoms with E-state index in [9.17, 15) is 9.18 Å². The van der Waals surface area contributed by atoms with Gasteiger partial charge < -0.3 is 10.2 Å². The highest BCUT2D eigenvalue weighted by molar-refractivity contribution is 5.92. The fourth-order valence-corrected chi connectivity index (χ4v) is 2.86. The zero-order valence-corrected chi connectivity index (χ0v) is 13.2. The number of benzene rings is 1. The Labute approximate surface area is 139 Å². The van der Waals surface area contributed by atoms with E-state index in [1.165, 1.54) is 12.1 Å². The number of amides is 1. The molecule has 1 saturated heterocycles. The molecule has 1 fully saturated rings. The first kappa shape index (κ1) is 15.9. The van der Waals surface area contributed by atoms with E-state index in [0.29, 0.717) is 12.2 Å². The van der Waals surface area contributed by atoms with Crippen molar-refractivity contribution in [3.63, 3.8) is 0 Å². The Balaban J connectivity index is 1.68. The Morgan fingerprint density at radius 2 is 2.00 bits per heavy atom.